The van der Waals surface area contributed by atoms with Crippen LogP contribution in [0, 0.1) is 25.2 Å². The van der Waals surface area contributed by atoms with Crippen LogP contribution in [-0.4, -0.2) is 29.6 Å². The summed E-state index contributed by atoms with van der Waals surface area (Å²) in [4.78, 5) is 23.7. The zero-order chi connectivity index (χ0) is 21.6. The Morgan fingerprint density at radius 1 is 1.34 bits per heavy atom. The quantitative estimate of drug-likeness (QED) is 0.308. The highest BCUT2D eigenvalue weighted by molar-refractivity contribution is 6.43. The lowest BCUT2D eigenvalue weighted by molar-refractivity contribution is -0.144. The second kappa shape index (κ2) is 9.97. The summed E-state index contributed by atoms with van der Waals surface area (Å²) in [5, 5.41) is 12.7. The third-order valence-electron chi connectivity index (χ3n) is 4.06. The molecule has 0 spiro atoms. The van der Waals surface area contributed by atoms with Crippen molar-refractivity contribution in [2.24, 2.45) is 0 Å². The Kier molecular flexibility index (Phi) is 7.66. The van der Waals surface area contributed by atoms with Gasteiger partial charge >= 0.3 is 5.97 Å². The van der Waals surface area contributed by atoms with Crippen LogP contribution in [-0.2, 0) is 14.3 Å². The number of amides is 1. The lowest BCUT2D eigenvalue weighted by atomic mass is 10.1. The smallest absolute Gasteiger partial charge is 0.349 e. The molecule has 0 radical (unpaired) electrons. The van der Waals surface area contributed by atoms with Gasteiger partial charge < -0.3 is 14.6 Å². The molecule has 1 N–H and O–H groups in total. The molecule has 0 fully saturated rings. The van der Waals surface area contributed by atoms with E-state index in [2.05, 4.69) is 11.9 Å². The van der Waals surface area contributed by atoms with E-state index in [-0.39, 0.29) is 12.1 Å². The molecule has 2 aromatic rings. The maximum Gasteiger partial charge on any atom is 0.349 e. The minimum Gasteiger partial charge on any atom is -0.451 e. The molecule has 1 heterocycles. The summed E-state index contributed by atoms with van der Waals surface area (Å²) in [6, 6.07) is 8.93. The number of benzene rings is 1. The monoisotopic (exact) mass is 431 g/mol. The Hall–Kier alpha value is -3.01. The maximum atomic E-state index is 12.2. The molecule has 0 saturated heterocycles. The first-order chi connectivity index (χ1) is 13.8. The number of ether oxygens (including phenoxy) is 1. The molecule has 0 bridgehead atoms. The zero-order valence-corrected chi connectivity index (χ0v) is 17.5. The van der Waals surface area contributed by atoms with Crippen LogP contribution in [0.5, 0.6) is 0 Å². The number of nitriles is 1. The standard InChI is InChI=1S/C21H19Cl2N3O3/c1-4-8-25-19(27)12-29-21(28)16(11-24)10-15-9-13(2)26(14(15)3)18-7-5-6-17(22)20(18)23/h4-7,9-10H,1,8,12H2,2-3H3,(H,25,27)/b16-10+. The summed E-state index contributed by atoms with van der Waals surface area (Å²) in [7, 11) is 0. The first-order valence-electron chi connectivity index (χ1n) is 8.60. The molecule has 150 valence electrons. The number of carbonyl (C=O) groups excluding carboxylic acids is 2. The first-order valence-corrected chi connectivity index (χ1v) is 9.35. The second-order valence-corrected chi connectivity index (χ2v) is 6.86. The maximum absolute atomic E-state index is 12.2. The van der Waals surface area contributed by atoms with E-state index in [0.717, 1.165) is 11.4 Å². The van der Waals surface area contributed by atoms with E-state index >= 15 is 0 Å². The van der Waals surface area contributed by atoms with Gasteiger partial charge in [0, 0.05) is 17.9 Å². The lowest BCUT2D eigenvalue weighted by Crippen LogP contribution is -2.28. The number of esters is 1. The molecule has 0 unspecified atom stereocenters. The van der Waals surface area contributed by atoms with E-state index in [9.17, 15) is 14.9 Å². The molecular formula is C21H19Cl2N3O3. The Morgan fingerprint density at radius 3 is 2.72 bits per heavy atom. The van der Waals surface area contributed by atoms with Crippen LogP contribution < -0.4 is 5.32 Å². The Morgan fingerprint density at radius 2 is 2.07 bits per heavy atom. The lowest BCUT2D eigenvalue weighted by Gasteiger charge is -2.12. The molecule has 0 aliphatic rings. The summed E-state index contributed by atoms with van der Waals surface area (Å²) >= 11 is 12.4. The van der Waals surface area contributed by atoms with Gasteiger partial charge in [-0.25, -0.2) is 4.79 Å². The molecule has 0 aliphatic carbocycles. The SMILES string of the molecule is C=CCNC(=O)COC(=O)/C(C#N)=C/c1cc(C)n(-c2cccc(Cl)c2Cl)c1C. The Bertz CT molecular complexity index is 1030. The van der Waals surface area contributed by atoms with E-state index in [0.29, 0.717) is 21.3 Å². The van der Waals surface area contributed by atoms with Crippen LogP contribution >= 0.6 is 23.2 Å². The van der Waals surface area contributed by atoms with E-state index in [1.54, 1.807) is 12.1 Å². The third kappa shape index (κ3) is 5.29. The minimum atomic E-state index is -0.883. The van der Waals surface area contributed by atoms with Crippen molar-refractivity contribution in [2.75, 3.05) is 13.2 Å². The van der Waals surface area contributed by atoms with Crippen molar-refractivity contribution in [1.82, 2.24) is 9.88 Å². The van der Waals surface area contributed by atoms with E-state index < -0.39 is 18.5 Å². The van der Waals surface area contributed by atoms with Crippen molar-refractivity contribution in [2.45, 2.75) is 13.8 Å². The number of rotatable bonds is 7. The van der Waals surface area contributed by atoms with Gasteiger partial charge in [0.15, 0.2) is 6.61 Å². The van der Waals surface area contributed by atoms with Crippen LogP contribution in [0.4, 0.5) is 0 Å². The van der Waals surface area contributed by atoms with Gasteiger partial charge in [-0.1, -0.05) is 35.3 Å². The first kappa shape index (κ1) is 22.3. The van der Waals surface area contributed by atoms with Crippen molar-refractivity contribution in [3.63, 3.8) is 0 Å². The molecule has 0 atom stereocenters. The van der Waals surface area contributed by atoms with E-state index in [1.165, 1.54) is 12.2 Å². The molecule has 2 rings (SSSR count). The van der Waals surface area contributed by atoms with E-state index in [4.69, 9.17) is 27.9 Å². The fourth-order valence-electron chi connectivity index (χ4n) is 2.71. The molecule has 1 aromatic carbocycles. The molecule has 0 aliphatic heterocycles. The van der Waals surface area contributed by atoms with Crippen LogP contribution in [0.15, 0.2) is 42.5 Å². The molecule has 29 heavy (non-hydrogen) atoms. The summed E-state index contributed by atoms with van der Waals surface area (Å²) in [5.41, 5.74) is 2.71. The average Bonchev–Trinajstić information content (AvgIpc) is 2.97. The van der Waals surface area contributed by atoms with Crippen molar-refractivity contribution in [3.05, 3.63) is 69.5 Å². The molecule has 8 heteroatoms. The summed E-state index contributed by atoms with van der Waals surface area (Å²) < 4.78 is 6.78. The zero-order valence-electron chi connectivity index (χ0n) is 16.0. The van der Waals surface area contributed by atoms with Crippen molar-refractivity contribution in [1.29, 1.82) is 5.26 Å². The highest BCUT2D eigenvalue weighted by Gasteiger charge is 2.17. The Balaban J connectivity index is 2.30. The largest absolute Gasteiger partial charge is 0.451 e. The number of nitrogens with one attached hydrogen (secondary N) is 1. The average molecular weight is 432 g/mol. The van der Waals surface area contributed by atoms with Crippen LogP contribution in [0.2, 0.25) is 10.0 Å². The molecule has 1 amide bonds. The van der Waals surface area contributed by atoms with Crippen molar-refractivity contribution >= 4 is 41.2 Å². The number of aryl methyl sites for hydroxylation is 1. The van der Waals surface area contributed by atoms with Gasteiger partial charge in [-0.15, -0.1) is 6.58 Å². The normalized spacial score (nSPS) is 10.9. The topological polar surface area (TPSA) is 84.1 Å². The Labute approximate surface area is 179 Å². The van der Waals surface area contributed by atoms with Gasteiger partial charge in [0.05, 0.1) is 15.7 Å². The third-order valence-corrected chi connectivity index (χ3v) is 4.87. The molecule has 1 aromatic heterocycles. The van der Waals surface area contributed by atoms with Gasteiger partial charge in [0.25, 0.3) is 5.91 Å². The van der Waals surface area contributed by atoms with Crippen molar-refractivity contribution in [3.8, 4) is 11.8 Å². The predicted octanol–water partition coefficient (Wildman–Crippen LogP) is 4.15. The second-order valence-electron chi connectivity index (χ2n) is 6.07. The number of hydrogen-bond donors (Lipinski definition) is 1. The molecular weight excluding hydrogens is 413 g/mol. The van der Waals surface area contributed by atoms with Gasteiger partial charge in [0.2, 0.25) is 0 Å². The summed E-state index contributed by atoms with van der Waals surface area (Å²) in [5.74, 6) is -1.36. The predicted molar refractivity (Wildman–Crippen MR) is 113 cm³/mol. The fourth-order valence-corrected chi connectivity index (χ4v) is 3.09. The van der Waals surface area contributed by atoms with Gasteiger partial charge in [-0.05, 0) is 43.7 Å². The summed E-state index contributed by atoms with van der Waals surface area (Å²) in [6.45, 7) is 6.95. The fraction of sp³-hybridized carbons (Fsp3) is 0.190. The molecule has 0 saturated carbocycles. The number of carbonyl (C=O) groups is 2. The number of nitrogens with zero attached hydrogens (tertiary/aromatic N) is 2. The highest BCUT2D eigenvalue weighted by Crippen LogP contribution is 2.32. The highest BCUT2D eigenvalue weighted by atomic mass is 35.5. The summed E-state index contributed by atoms with van der Waals surface area (Å²) in [6.07, 6.45) is 2.92. The van der Waals surface area contributed by atoms with Gasteiger partial charge in [-0.3, -0.25) is 4.79 Å². The van der Waals surface area contributed by atoms with Crippen LogP contribution in [0.3, 0.4) is 0 Å². The van der Waals surface area contributed by atoms with Crippen molar-refractivity contribution < 1.29 is 14.3 Å². The number of hydrogen-bond acceptors (Lipinski definition) is 4. The van der Waals surface area contributed by atoms with E-state index in [1.807, 2.05) is 36.6 Å². The number of halogens is 2. The van der Waals surface area contributed by atoms with Crippen LogP contribution in [0.25, 0.3) is 11.8 Å². The van der Waals surface area contributed by atoms with Gasteiger partial charge in [0.1, 0.15) is 11.6 Å². The molecule has 6 nitrogen and oxygen atoms in total. The van der Waals surface area contributed by atoms with Crippen LogP contribution in [0.1, 0.15) is 17.0 Å². The minimum absolute atomic E-state index is 0.223. The number of aromatic nitrogens is 1. The van der Waals surface area contributed by atoms with Gasteiger partial charge in [-0.2, -0.15) is 5.26 Å².